The largest absolute Gasteiger partial charge is 0.369 e. The summed E-state index contributed by atoms with van der Waals surface area (Å²) < 4.78 is 0. The average Bonchev–Trinajstić information content (AvgIpc) is 2.84. The molecular weight excluding hydrogens is 296 g/mol. The van der Waals surface area contributed by atoms with Crippen LogP contribution in [-0.2, 0) is 0 Å². The van der Waals surface area contributed by atoms with Crippen molar-refractivity contribution in [2.45, 2.75) is 20.8 Å². The predicted octanol–water partition coefficient (Wildman–Crippen LogP) is 4.65. The minimum Gasteiger partial charge on any atom is -0.369 e. The molecule has 4 nitrogen and oxygen atoms in total. The maximum absolute atomic E-state index is 6.08. The number of anilines is 1. The van der Waals surface area contributed by atoms with Crippen LogP contribution in [0.15, 0.2) is 30.3 Å². The summed E-state index contributed by atoms with van der Waals surface area (Å²) in [6.07, 6.45) is 0. The van der Waals surface area contributed by atoms with Gasteiger partial charge < -0.3 is 10.3 Å². The number of aromatic amines is 1. The number of fused-ring (bicyclic) bond motifs is 1. The molecule has 2 heterocycles. The fourth-order valence-corrected chi connectivity index (χ4v) is 2.52. The maximum Gasteiger partial charge on any atom is 0.163 e. The van der Waals surface area contributed by atoms with Gasteiger partial charge >= 0.3 is 0 Å². The van der Waals surface area contributed by atoms with Crippen molar-refractivity contribution in [2.24, 2.45) is 5.92 Å². The smallest absolute Gasteiger partial charge is 0.163 e. The molecule has 0 aliphatic heterocycles. The van der Waals surface area contributed by atoms with E-state index in [1.54, 1.807) is 0 Å². The van der Waals surface area contributed by atoms with E-state index >= 15 is 0 Å². The van der Waals surface area contributed by atoms with E-state index in [1.165, 1.54) is 0 Å². The van der Waals surface area contributed by atoms with E-state index in [9.17, 15) is 0 Å². The second-order valence-electron chi connectivity index (χ2n) is 5.90. The molecular formula is C17H19ClN4. The van der Waals surface area contributed by atoms with Crippen LogP contribution in [0.25, 0.3) is 22.4 Å². The molecule has 0 aliphatic carbocycles. The molecule has 0 fully saturated rings. The number of halogens is 1. The molecule has 114 valence electrons. The molecule has 0 saturated heterocycles. The summed E-state index contributed by atoms with van der Waals surface area (Å²) in [5.74, 6) is 2.07. The van der Waals surface area contributed by atoms with Crippen molar-refractivity contribution in [2.75, 3.05) is 11.9 Å². The average molecular weight is 315 g/mol. The monoisotopic (exact) mass is 314 g/mol. The Morgan fingerprint density at radius 1 is 1.23 bits per heavy atom. The highest BCUT2D eigenvalue weighted by molar-refractivity contribution is 6.30. The van der Waals surface area contributed by atoms with Crippen molar-refractivity contribution in [3.8, 4) is 11.4 Å². The number of hydrogen-bond donors (Lipinski definition) is 2. The van der Waals surface area contributed by atoms with Gasteiger partial charge in [-0.1, -0.05) is 37.6 Å². The Bertz CT molecular complexity index is 808. The van der Waals surface area contributed by atoms with Crippen molar-refractivity contribution >= 4 is 28.5 Å². The van der Waals surface area contributed by atoms with Gasteiger partial charge in [0.2, 0.25) is 0 Å². The molecule has 0 bridgehead atoms. The fourth-order valence-electron chi connectivity index (χ4n) is 2.33. The lowest BCUT2D eigenvalue weighted by atomic mass is 10.2. The molecule has 2 N–H and O–H groups in total. The van der Waals surface area contributed by atoms with Crippen molar-refractivity contribution < 1.29 is 0 Å². The van der Waals surface area contributed by atoms with Crippen LogP contribution in [0.3, 0.4) is 0 Å². The summed E-state index contributed by atoms with van der Waals surface area (Å²) in [7, 11) is 0. The lowest BCUT2D eigenvalue weighted by Crippen LogP contribution is -2.10. The molecule has 22 heavy (non-hydrogen) atoms. The summed E-state index contributed by atoms with van der Waals surface area (Å²) in [6, 6.07) is 9.67. The lowest BCUT2D eigenvalue weighted by molar-refractivity contribution is 0.687. The zero-order valence-electron chi connectivity index (χ0n) is 12.9. The molecule has 5 heteroatoms. The minimum absolute atomic E-state index is 0.541. The summed E-state index contributed by atoms with van der Waals surface area (Å²) in [4.78, 5) is 12.6. The number of nitrogens with zero attached hydrogens (tertiary/aromatic N) is 2. The summed E-state index contributed by atoms with van der Waals surface area (Å²) in [6.45, 7) is 7.23. The Morgan fingerprint density at radius 2 is 2.05 bits per heavy atom. The van der Waals surface area contributed by atoms with Crippen LogP contribution in [0.5, 0.6) is 0 Å². The standard InChI is InChI=1S/C17H19ClN4/c1-10(2)9-19-16-14-7-11(3)20-17(14)22-15(21-16)12-5-4-6-13(18)8-12/h4-8,10H,9H2,1-3H3,(H2,19,20,21,22). The Morgan fingerprint density at radius 3 is 2.77 bits per heavy atom. The number of H-pyrrole nitrogens is 1. The Hall–Kier alpha value is -2.07. The van der Waals surface area contributed by atoms with Crippen molar-refractivity contribution in [3.63, 3.8) is 0 Å². The van der Waals surface area contributed by atoms with Gasteiger partial charge in [-0.05, 0) is 31.0 Å². The molecule has 0 amide bonds. The third-order valence-corrected chi connectivity index (χ3v) is 3.62. The van der Waals surface area contributed by atoms with Gasteiger partial charge in [0.05, 0.1) is 5.39 Å². The van der Waals surface area contributed by atoms with Gasteiger partial charge in [0.25, 0.3) is 0 Å². The summed E-state index contributed by atoms with van der Waals surface area (Å²) in [5.41, 5.74) is 2.82. The number of rotatable bonds is 4. The quantitative estimate of drug-likeness (QED) is 0.736. The number of hydrogen-bond acceptors (Lipinski definition) is 3. The first kappa shape index (κ1) is 14.9. The maximum atomic E-state index is 6.08. The van der Waals surface area contributed by atoms with E-state index in [2.05, 4.69) is 35.2 Å². The van der Waals surface area contributed by atoms with Crippen LogP contribution in [0.1, 0.15) is 19.5 Å². The van der Waals surface area contributed by atoms with E-state index in [1.807, 2.05) is 31.2 Å². The summed E-state index contributed by atoms with van der Waals surface area (Å²) >= 11 is 6.08. The molecule has 3 rings (SSSR count). The van der Waals surface area contributed by atoms with Crippen LogP contribution in [0.4, 0.5) is 5.82 Å². The lowest BCUT2D eigenvalue weighted by Gasteiger charge is -2.11. The second-order valence-corrected chi connectivity index (χ2v) is 6.33. The summed E-state index contributed by atoms with van der Waals surface area (Å²) in [5, 5.41) is 5.12. The third-order valence-electron chi connectivity index (χ3n) is 3.38. The van der Waals surface area contributed by atoms with Crippen LogP contribution in [0.2, 0.25) is 5.02 Å². The first-order valence-corrected chi connectivity index (χ1v) is 7.78. The van der Waals surface area contributed by atoms with Crippen LogP contribution >= 0.6 is 11.6 Å². The number of aryl methyl sites for hydroxylation is 1. The van der Waals surface area contributed by atoms with Gasteiger partial charge in [-0.15, -0.1) is 0 Å². The molecule has 0 unspecified atom stereocenters. The minimum atomic E-state index is 0.541. The van der Waals surface area contributed by atoms with Crippen molar-refractivity contribution in [1.29, 1.82) is 0 Å². The molecule has 0 saturated carbocycles. The van der Waals surface area contributed by atoms with E-state index in [0.29, 0.717) is 16.8 Å². The van der Waals surface area contributed by atoms with E-state index in [0.717, 1.165) is 34.7 Å². The van der Waals surface area contributed by atoms with Crippen molar-refractivity contribution in [1.82, 2.24) is 15.0 Å². The first-order valence-electron chi connectivity index (χ1n) is 7.40. The van der Waals surface area contributed by atoms with Gasteiger partial charge in [0, 0.05) is 22.8 Å². The van der Waals surface area contributed by atoms with Gasteiger partial charge in [-0.2, -0.15) is 0 Å². The SMILES string of the molecule is Cc1cc2c(NCC(C)C)nc(-c3cccc(Cl)c3)nc2[nH]1. The molecule has 1 aromatic carbocycles. The van der Waals surface area contributed by atoms with Crippen LogP contribution in [0, 0.1) is 12.8 Å². The second kappa shape index (κ2) is 5.97. The number of nitrogens with one attached hydrogen (secondary N) is 2. The van der Waals surface area contributed by atoms with Gasteiger partial charge in [-0.25, -0.2) is 9.97 Å². The zero-order chi connectivity index (χ0) is 15.7. The van der Waals surface area contributed by atoms with E-state index < -0.39 is 0 Å². The van der Waals surface area contributed by atoms with Gasteiger partial charge in [-0.3, -0.25) is 0 Å². The van der Waals surface area contributed by atoms with Gasteiger partial charge in [0.1, 0.15) is 11.5 Å². The molecule has 0 atom stereocenters. The number of benzene rings is 1. The fraction of sp³-hybridized carbons (Fsp3) is 0.294. The highest BCUT2D eigenvalue weighted by Gasteiger charge is 2.12. The first-order chi connectivity index (χ1) is 10.5. The highest BCUT2D eigenvalue weighted by Crippen LogP contribution is 2.26. The Balaban J connectivity index is 2.11. The van der Waals surface area contributed by atoms with Gasteiger partial charge in [0.15, 0.2) is 5.82 Å². The number of aromatic nitrogens is 3. The Labute approximate surface area is 134 Å². The van der Waals surface area contributed by atoms with Crippen LogP contribution < -0.4 is 5.32 Å². The highest BCUT2D eigenvalue weighted by atomic mass is 35.5. The molecule has 3 aromatic rings. The molecule has 0 aliphatic rings. The van der Waals surface area contributed by atoms with E-state index in [4.69, 9.17) is 16.6 Å². The predicted molar refractivity (Wildman–Crippen MR) is 92.4 cm³/mol. The van der Waals surface area contributed by atoms with E-state index in [-0.39, 0.29) is 0 Å². The van der Waals surface area contributed by atoms with Crippen LogP contribution in [-0.4, -0.2) is 21.5 Å². The molecule has 0 radical (unpaired) electrons. The molecule has 0 spiro atoms. The Kier molecular flexibility index (Phi) is 4.03. The normalized spacial score (nSPS) is 11.3. The molecule has 2 aromatic heterocycles. The zero-order valence-corrected chi connectivity index (χ0v) is 13.7. The third kappa shape index (κ3) is 3.07. The topological polar surface area (TPSA) is 53.6 Å². The van der Waals surface area contributed by atoms with Crippen molar-refractivity contribution in [3.05, 3.63) is 41.0 Å².